The number of carbonyl (C=O) groups excluding carboxylic acids is 1. The van der Waals surface area contributed by atoms with Gasteiger partial charge in [0.25, 0.3) is 0 Å². The molecule has 1 N–H and O–H groups in total. The van der Waals surface area contributed by atoms with Gasteiger partial charge in [-0.2, -0.15) is 0 Å². The Morgan fingerprint density at radius 2 is 1.70 bits per heavy atom. The van der Waals surface area contributed by atoms with Crippen molar-refractivity contribution in [1.29, 1.82) is 0 Å². The predicted octanol–water partition coefficient (Wildman–Crippen LogP) is 1.79. The molecule has 0 spiro atoms. The molecule has 0 bridgehead atoms. The maximum Gasteiger partial charge on any atom is 0.246 e. The Bertz CT molecular complexity index is 886. The zero-order valence-electron chi connectivity index (χ0n) is 17.6. The lowest BCUT2D eigenvalue weighted by atomic mass is 10.1. The van der Waals surface area contributed by atoms with Gasteiger partial charge in [-0.3, -0.25) is 4.79 Å². The summed E-state index contributed by atoms with van der Waals surface area (Å²) in [6.07, 6.45) is 3.35. The van der Waals surface area contributed by atoms with Gasteiger partial charge in [-0.15, -0.1) is 0 Å². The minimum Gasteiger partial charge on any atom is -0.497 e. The Kier molecular flexibility index (Phi) is 7.30. The van der Waals surface area contributed by atoms with Crippen LogP contribution in [0.15, 0.2) is 42.5 Å². The normalized spacial score (nSPS) is 14.7. The smallest absolute Gasteiger partial charge is 0.246 e. The average Bonchev–Trinajstić information content (AvgIpc) is 2.77. The van der Waals surface area contributed by atoms with E-state index in [1.54, 1.807) is 38.5 Å². The summed E-state index contributed by atoms with van der Waals surface area (Å²) in [5, 5.41) is 0. The molecule has 3 rings (SSSR count). The Hall–Kier alpha value is -3.06. The van der Waals surface area contributed by atoms with E-state index in [1.165, 1.54) is 18.1 Å². The highest BCUT2D eigenvalue weighted by molar-refractivity contribution is 5.92. The third kappa shape index (κ3) is 5.51. The SMILES string of the molecule is COc1cc(/C=C/C(=O)N2CC[NH+](Cc3ccc(OC)c(F)c3)CC2)cc(OC)c1. The first-order chi connectivity index (χ1) is 14.5. The number of carbonyl (C=O) groups is 1. The van der Waals surface area contributed by atoms with Crippen LogP contribution in [-0.4, -0.2) is 58.3 Å². The van der Waals surface area contributed by atoms with Gasteiger partial charge in [-0.05, 0) is 42.0 Å². The van der Waals surface area contributed by atoms with E-state index < -0.39 is 0 Å². The van der Waals surface area contributed by atoms with Crippen LogP contribution in [0.25, 0.3) is 6.08 Å². The average molecular weight is 415 g/mol. The first kappa shape index (κ1) is 21.6. The van der Waals surface area contributed by atoms with Crippen LogP contribution in [0, 0.1) is 5.82 Å². The van der Waals surface area contributed by atoms with Gasteiger partial charge < -0.3 is 24.0 Å². The summed E-state index contributed by atoms with van der Waals surface area (Å²) in [4.78, 5) is 15.7. The lowest BCUT2D eigenvalue weighted by Gasteiger charge is -2.31. The Balaban J connectivity index is 1.54. The number of hydrogen-bond acceptors (Lipinski definition) is 4. The molecule has 0 radical (unpaired) electrons. The number of benzene rings is 2. The van der Waals surface area contributed by atoms with Crippen molar-refractivity contribution in [1.82, 2.24) is 4.90 Å². The number of piperazine rings is 1. The fourth-order valence-corrected chi connectivity index (χ4v) is 3.53. The number of methoxy groups -OCH3 is 3. The quantitative estimate of drug-likeness (QED) is 0.701. The molecule has 0 aromatic heterocycles. The summed E-state index contributed by atoms with van der Waals surface area (Å²) in [7, 11) is 4.64. The molecule has 2 aromatic carbocycles. The standard InChI is InChI=1S/C23H27FN2O4/c1-28-19-12-17(13-20(15-19)29-2)5-7-23(27)26-10-8-25(9-11-26)16-18-4-6-22(30-3)21(24)14-18/h4-7,12-15H,8-11,16H2,1-3H3/p+1/b7-5+. The van der Waals surface area contributed by atoms with Crippen molar-refractivity contribution in [2.45, 2.75) is 6.54 Å². The van der Waals surface area contributed by atoms with Crippen LogP contribution in [0.5, 0.6) is 17.2 Å². The lowest BCUT2D eigenvalue weighted by Crippen LogP contribution is -3.13. The molecule has 30 heavy (non-hydrogen) atoms. The van der Waals surface area contributed by atoms with Crippen LogP contribution in [-0.2, 0) is 11.3 Å². The van der Waals surface area contributed by atoms with Crippen molar-refractivity contribution >= 4 is 12.0 Å². The summed E-state index contributed by atoms with van der Waals surface area (Å²) in [5.41, 5.74) is 1.76. The monoisotopic (exact) mass is 415 g/mol. The van der Waals surface area contributed by atoms with E-state index in [0.717, 1.165) is 30.8 Å². The fraction of sp³-hybridized carbons (Fsp3) is 0.348. The van der Waals surface area contributed by atoms with Crippen molar-refractivity contribution in [3.8, 4) is 17.2 Å². The number of hydrogen-bond donors (Lipinski definition) is 1. The highest BCUT2D eigenvalue weighted by atomic mass is 19.1. The molecule has 1 aliphatic heterocycles. The van der Waals surface area contributed by atoms with Crippen LogP contribution in [0.3, 0.4) is 0 Å². The third-order valence-corrected chi connectivity index (χ3v) is 5.24. The van der Waals surface area contributed by atoms with Crippen molar-refractivity contribution in [3.05, 3.63) is 59.4 Å². The first-order valence-corrected chi connectivity index (χ1v) is 9.88. The second kappa shape index (κ2) is 10.1. The number of quaternary nitrogens is 1. The van der Waals surface area contributed by atoms with Crippen molar-refractivity contribution in [2.75, 3.05) is 47.5 Å². The van der Waals surface area contributed by atoms with Crippen molar-refractivity contribution in [3.63, 3.8) is 0 Å². The molecule has 7 heteroatoms. The number of nitrogens with one attached hydrogen (secondary N) is 1. The molecule has 6 nitrogen and oxygen atoms in total. The molecule has 2 aromatic rings. The molecule has 1 heterocycles. The Morgan fingerprint density at radius 3 is 2.27 bits per heavy atom. The Labute approximate surface area is 176 Å². The molecule has 0 aliphatic carbocycles. The van der Waals surface area contributed by atoms with Gasteiger partial charge >= 0.3 is 0 Å². The summed E-state index contributed by atoms with van der Waals surface area (Å²) in [6, 6.07) is 10.6. The summed E-state index contributed by atoms with van der Waals surface area (Å²) < 4.78 is 29.4. The summed E-state index contributed by atoms with van der Waals surface area (Å²) >= 11 is 0. The third-order valence-electron chi connectivity index (χ3n) is 5.24. The maximum atomic E-state index is 13.9. The first-order valence-electron chi connectivity index (χ1n) is 9.88. The number of rotatable bonds is 7. The second-order valence-corrected chi connectivity index (χ2v) is 7.20. The van der Waals surface area contributed by atoms with Crippen LogP contribution >= 0.6 is 0 Å². The van der Waals surface area contributed by atoms with Crippen LogP contribution < -0.4 is 19.1 Å². The zero-order chi connectivity index (χ0) is 21.5. The van der Waals surface area contributed by atoms with E-state index in [4.69, 9.17) is 14.2 Å². The molecular weight excluding hydrogens is 387 g/mol. The number of amides is 1. The molecule has 1 saturated heterocycles. The van der Waals surface area contributed by atoms with Gasteiger partial charge in [0.15, 0.2) is 11.6 Å². The van der Waals surface area contributed by atoms with E-state index in [0.29, 0.717) is 24.6 Å². The molecule has 1 aliphatic rings. The number of nitrogens with zero attached hydrogens (tertiary/aromatic N) is 1. The molecule has 0 atom stereocenters. The van der Waals surface area contributed by atoms with E-state index in [-0.39, 0.29) is 17.5 Å². The molecule has 1 fully saturated rings. The second-order valence-electron chi connectivity index (χ2n) is 7.20. The molecule has 1 amide bonds. The Morgan fingerprint density at radius 1 is 1.03 bits per heavy atom. The number of ether oxygens (including phenoxy) is 3. The maximum absolute atomic E-state index is 13.9. The summed E-state index contributed by atoms with van der Waals surface area (Å²) in [5.74, 6) is 1.24. The van der Waals surface area contributed by atoms with Gasteiger partial charge in [0, 0.05) is 17.7 Å². The highest BCUT2D eigenvalue weighted by Crippen LogP contribution is 2.23. The van der Waals surface area contributed by atoms with Crippen molar-refractivity contribution < 1.29 is 28.3 Å². The lowest BCUT2D eigenvalue weighted by molar-refractivity contribution is -0.917. The van der Waals surface area contributed by atoms with E-state index >= 15 is 0 Å². The fourth-order valence-electron chi connectivity index (χ4n) is 3.53. The molecular formula is C23H28FN2O4+. The molecule has 0 unspecified atom stereocenters. The molecule has 160 valence electrons. The van der Waals surface area contributed by atoms with Gasteiger partial charge in [-0.1, -0.05) is 0 Å². The van der Waals surface area contributed by atoms with Crippen LogP contribution in [0.1, 0.15) is 11.1 Å². The van der Waals surface area contributed by atoms with Gasteiger partial charge in [-0.25, -0.2) is 4.39 Å². The van der Waals surface area contributed by atoms with E-state index in [1.807, 2.05) is 23.1 Å². The number of halogens is 1. The van der Waals surface area contributed by atoms with Crippen LogP contribution in [0.2, 0.25) is 0 Å². The largest absolute Gasteiger partial charge is 0.497 e. The van der Waals surface area contributed by atoms with Gasteiger partial charge in [0.2, 0.25) is 5.91 Å². The minimum absolute atomic E-state index is 0.0219. The topological polar surface area (TPSA) is 52.4 Å². The van der Waals surface area contributed by atoms with Crippen LogP contribution in [0.4, 0.5) is 4.39 Å². The van der Waals surface area contributed by atoms with Gasteiger partial charge in [0.05, 0.1) is 47.5 Å². The zero-order valence-corrected chi connectivity index (χ0v) is 17.6. The highest BCUT2D eigenvalue weighted by Gasteiger charge is 2.22. The minimum atomic E-state index is -0.345. The summed E-state index contributed by atoms with van der Waals surface area (Å²) in [6.45, 7) is 3.69. The predicted molar refractivity (Wildman–Crippen MR) is 113 cm³/mol. The van der Waals surface area contributed by atoms with E-state index in [9.17, 15) is 9.18 Å². The van der Waals surface area contributed by atoms with Crippen molar-refractivity contribution in [2.24, 2.45) is 0 Å². The van der Waals surface area contributed by atoms with E-state index in [2.05, 4.69) is 0 Å². The van der Waals surface area contributed by atoms with Gasteiger partial charge in [0.1, 0.15) is 18.0 Å². The molecule has 0 saturated carbocycles.